The minimum atomic E-state index is 0.450. The molecule has 2 heteroatoms. The van der Waals surface area contributed by atoms with Gasteiger partial charge >= 0.3 is 0 Å². The van der Waals surface area contributed by atoms with E-state index in [1.165, 1.54) is 6.54 Å². The van der Waals surface area contributed by atoms with E-state index in [9.17, 15) is 0 Å². The van der Waals surface area contributed by atoms with E-state index in [-0.39, 0.29) is 0 Å². The van der Waals surface area contributed by atoms with Crippen LogP contribution in [0.25, 0.3) is 0 Å². The molecule has 0 spiro atoms. The number of nitrogens with zero attached hydrogens (tertiary/aromatic N) is 1. The molecule has 0 aromatic carbocycles. The van der Waals surface area contributed by atoms with Crippen LogP contribution in [0.15, 0.2) is 0 Å². The lowest BCUT2D eigenvalue weighted by Gasteiger charge is -2.41. The maximum Gasteiger partial charge on any atom is 0.0554 e. The average Bonchev–Trinajstić information content (AvgIpc) is 1.97. The number of ether oxygens (including phenoxy) is 1. The SMILES string of the molecule is CCN(CC)CC1(C)COC1. The monoisotopic (exact) mass is 157 g/mol. The second-order valence-corrected chi connectivity index (χ2v) is 3.76. The average molecular weight is 157 g/mol. The fraction of sp³-hybridized carbons (Fsp3) is 1.00. The van der Waals surface area contributed by atoms with Crippen molar-refractivity contribution < 1.29 is 4.74 Å². The summed E-state index contributed by atoms with van der Waals surface area (Å²) in [5, 5.41) is 0. The third-order valence-corrected chi connectivity index (χ3v) is 2.40. The molecule has 2 nitrogen and oxygen atoms in total. The second kappa shape index (κ2) is 3.55. The Hall–Kier alpha value is -0.0800. The molecule has 11 heavy (non-hydrogen) atoms. The van der Waals surface area contributed by atoms with Crippen molar-refractivity contribution >= 4 is 0 Å². The molecule has 0 amide bonds. The summed E-state index contributed by atoms with van der Waals surface area (Å²) >= 11 is 0. The first kappa shape index (κ1) is 9.01. The highest BCUT2D eigenvalue weighted by Crippen LogP contribution is 2.27. The molecule has 0 N–H and O–H groups in total. The van der Waals surface area contributed by atoms with Crippen molar-refractivity contribution in [2.45, 2.75) is 20.8 Å². The van der Waals surface area contributed by atoms with Crippen LogP contribution >= 0.6 is 0 Å². The number of hydrogen-bond donors (Lipinski definition) is 0. The topological polar surface area (TPSA) is 12.5 Å². The van der Waals surface area contributed by atoms with Crippen LogP contribution in [0.2, 0.25) is 0 Å². The van der Waals surface area contributed by atoms with Crippen molar-refractivity contribution in [1.29, 1.82) is 0 Å². The lowest BCUT2D eigenvalue weighted by Crippen LogP contribution is -2.48. The Morgan fingerprint density at radius 2 is 1.82 bits per heavy atom. The van der Waals surface area contributed by atoms with E-state index in [4.69, 9.17) is 4.74 Å². The fourth-order valence-corrected chi connectivity index (χ4v) is 1.53. The molecule has 0 aromatic heterocycles. The van der Waals surface area contributed by atoms with Crippen LogP contribution in [0.5, 0.6) is 0 Å². The highest BCUT2D eigenvalue weighted by atomic mass is 16.5. The number of rotatable bonds is 4. The molecule has 1 saturated heterocycles. The Labute approximate surface area is 69.5 Å². The normalized spacial score (nSPS) is 21.8. The quantitative estimate of drug-likeness (QED) is 0.611. The molecule has 1 aliphatic heterocycles. The predicted molar refractivity (Wildman–Crippen MR) is 46.7 cm³/mol. The maximum atomic E-state index is 5.20. The van der Waals surface area contributed by atoms with E-state index in [2.05, 4.69) is 25.7 Å². The van der Waals surface area contributed by atoms with Crippen molar-refractivity contribution in [1.82, 2.24) is 4.90 Å². The van der Waals surface area contributed by atoms with Gasteiger partial charge in [-0.3, -0.25) is 0 Å². The van der Waals surface area contributed by atoms with Crippen molar-refractivity contribution in [3.8, 4) is 0 Å². The Morgan fingerprint density at radius 3 is 2.09 bits per heavy atom. The maximum absolute atomic E-state index is 5.20. The largest absolute Gasteiger partial charge is 0.380 e. The van der Waals surface area contributed by atoms with Gasteiger partial charge in [-0.2, -0.15) is 0 Å². The summed E-state index contributed by atoms with van der Waals surface area (Å²) in [5.74, 6) is 0. The van der Waals surface area contributed by atoms with Crippen LogP contribution in [0.1, 0.15) is 20.8 Å². The molecule has 0 saturated carbocycles. The molecule has 0 unspecified atom stereocenters. The van der Waals surface area contributed by atoms with Gasteiger partial charge in [0.05, 0.1) is 13.2 Å². The Balaban J connectivity index is 2.27. The van der Waals surface area contributed by atoms with Crippen LogP contribution in [-0.2, 0) is 4.74 Å². The molecular weight excluding hydrogens is 138 g/mol. The summed E-state index contributed by atoms with van der Waals surface area (Å²) in [4.78, 5) is 2.46. The van der Waals surface area contributed by atoms with Gasteiger partial charge in [0.2, 0.25) is 0 Å². The minimum Gasteiger partial charge on any atom is -0.380 e. The molecule has 1 fully saturated rings. The summed E-state index contributed by atoms with van der Waals surface area (Å²) in [6, 6.07) is 0. The fourth-order valence-electron chi connectivity index (χ4n) is 1.53. The predicted octanol–water partition coefficient (Wildman–Crippen LogP) is 1.36. The number of hydrogen-bond acceptors (Lipinski definition) is 2. The van der Waals surface area contributed by atoms with Gasteiger partial charge in [-0.25, -0.2) is 0 Å². The first-order valence-corrected chi connectivity index (χ1v) is 4.50. The highest BCUT2D eigenvalue weighted by molar-refractivity contribution is 4.83. The molecule has 66 valence electrons. The molecule has 1 aliphatic rings. The third kappa shape index (κ3) is 2.17. The zero-order valence-electron chi connectivity index (χ0n) is 7.89. The summed E-state index contributed by atoms with van der Waals surface area (Å²) < 4.78 is 5.20. The molecular formula is C9H19NO. The lowest BCUT2D eigenvalue weighted by molar-refractivity contribution is -0.114. The first-order chi connectivity index (χ1) is 5.20. The molecule has 0 aromatic rings. The Morgan fingerprint density at radius 1 is 1.27 bits per heavy atom. The summed E-state index contributed by atoms with van der Waals surface area (Å²) in [5.41, 5.74) is 0.450. The van der Waals surface area contributed by atoms with Gasteiger partial charge in [0, 0.05) is 12.0 Å². The summed E-state index contributed by atoms with van der Waals surface area (Å²) in [7, 11) is 0. The highest BCUT2D eigenvalue weighted by Gasteiger charge is 2.34. The Kier molecular flexibility index (Phi) is 2.90. The zero-order chi connectivity index (χ0) is 8.32. The van der Waals surface area contributed by atoms with E-state index in [1.807, 2.05) is 0 Å². The van der Waals surface area contributed by atoms with E-state index in [0.29, 0.717) is 5.41 Å². The lowest BCUT2D eigenvalue weighted by atomic mass is 9.88. The Bertz CT molecular complexity index is 117. The van der Waals surface area contributed by atoms with Gasteiger partial charge in [0.15, 0.2) is 0 Å². The molecule has 0 atom stereocenters. The van der Waals surface area contributed by atoms with E-state index < -0.39 is 0 Å². The molecule has 1 rings (SSSR count). The van der Waals surface area contributed by atoms with Crippen LogP contribution in [-0.4, -0.2) is 37.7 Å². The van der Waals surface area contributed by atoms with Crippen molar-refractivity contribution in [2.75, 3.05) is 32.8 Å². The summed E-state index contributed by atoms with van der Waals surface area (Å²) in [6.45, 7) is 12.1. The van der Waals surface area contributed by atoms with Gasteiger partial charge < -0.3 is 9.64 Å². The van der Waals surface area contributed by atoms with Crippen LogP contribution in [0.3, 0.4) is 0 Å². The third-order valence-electron chi connectivity index (χ3n) is 2.40. The summed E-state index contributed by atoms with van der Waals surface area (Å²) in [6.07, 6.45) is 0. The van der Waals surface area contributed by atoms with Gasteiger partial charge in [-0.05, 0) is 13.1 Å². The van der Waals surface area contributed by atoms with Gasteiger partial charge in [0.1, 0.15) is 0 Å². The van der Waals surface area contributed by atoms with Crippen molar-refractivity contribution in [2.24, 2.45) is 5.41 Å². The minimum absolute atomic E-state index is 0.450. The van der Waals surface area contributed by atoms with Crippen molar-refractivity contribution in [3.63, 3.8) is 0 Å². The zero-order valence-corrected chi connectivity index (χ0v) is 7.89. The molecule has 0 aliphatic carbocycles. The van der Waals surface area contributed by atoms with Crippen LogP contribution < -0.4 is 0 Å². The van der Waals surface area contributed by atoms with E-state index in [1.54, 1.807) is 0 Å². The van der Waals surface area contributed by atoms with Gasteiger partial charge in [0.25, 0.3) is 0 Å². The van der Waals surface area contributed by atoms with Crippen molar-refractivity contribution in [3.05, 3.63) is 0 Å². The van der Waals surface area contributed by atoms with E-state index in [0.717, 1.165) is 26.3 Å². The molecule has 0 radical (unpaired) electrons. The molecule has 1 heterocycles. The second-order valence-electron chi connectivity index (χ2n) is 3.76. The first-order valence-electron chi connectivity index (χ1n) is 4.50. The van der Waals surface area contributed by atoms with Gasteiger partial charge in [-0.1, -0.05) is 20.8 Å². The van der Waals surface area contributed by atoms with Gasteiger partial charge in [-0.15, -0.1) is 0 Å². The van der Waals surface area contributed by atoms with Crippen LogP contribution in [0, 0.1) is 5.41 Å². The smallest absolute Gasteiger partial charge is 0.0554 e. The molecule has 0 bridgehead atoms. The van der Waals surface area contributed by atoms with Crippen LogP contribution in [0.4, 0.5) is 0 Å². The standard InChI is InChI=1S/C9H19NO/c1-4-10(5-2)6-9(3)7-11-8-9/h4-8H2,1-3H3. The van der Waals surface area contributed by atoms with E-state index >= 15 is 0 Å².